The summed E-state index contributed by atoms with van der Waals surface area (Å²) in [4.78, 5) is 26.5. The zero-order valence-corrected chi connectivity index (χ0v) is 22.2. The van der Waals surface area contributed by atoms with Crippen molar-refractivity contribution in [1.82, 2.24) is 5.32 Å². The van der Waals surface area contributed by atoms with Gasteiger partial charge < -0.3 is 20.1 Å². The molecular formula is C27H24F6N3O3P. The van der Waals surface area contributed by atoms with Crippen molar-refractivity contribution in [1.29, 1.82) is 0 Å². The molecule has 0 spiro atoms. The van der Waals surface area contributed by atoms with E-state index in [-0.39, 0.29) is 42.3 Å². The van der Waals surface area contributed by atoms with Gasteiger partial charge in [-0.2, -0.15) is 13.2 Å². The van der Waals surface area contributed by atoms with E-state index in [1.807, 2.05) is 0 Å². The molecular weight excluding hydrogens is 559 g/mol. The fraction of sp³-hybridized carbons (Fsp3) is 0.259. The molecule has 3 aromatic carbocycles. The van der Waals surface area contributed by atoms with Gasteiger partial charge in [0.05, 0.1) is 11.3 Å². The van der Waals surface area contributed by atoms with Gasteiger partial charge in [-0.25, -0.2) is 18.0 Å². The summed E-state index contributed by atoms with van der Waals surface area (Å²) in [6.07, 6.45) is -4.44. The highest BCUT2D eigenvalue weighted by molar-refractivity contribution is 7.70. The fourth-order valence-electron chi connectivity index (χ4n) is 4.53. The van der Waals surface area contributed by atoms with Gasteiger partial charge in [0.15, 0.2) is 11.6 Å². The second-order valence-electron chi connectivity index (χ2n) is 9.64. The molecule has 0 bridgehead atoms. The van der Waals surface area contributed by atoms with E-state index in [1.54, 1.807) is 18.2 Å². The minimum Gasteiger partial charge on any atom is -0.326 e. The summed E-state index contributed by atoms with van der Waals surface area (Å²) in [5.74, 6) is -4.55. The Bertz CT molecular complexity index is 1520. The predicted octanol–water partition coefficient (Wildman–Crippen LogP) is 6.35. The lowest BCUT2D eigenvalue weighted by atomic mass is 10.0. The maximum atomic E-state index is 15.3. The number of carbonyl (C=O) groups is 2. The normalized spacial score (nSPS) is 16.1. The van der Waals surface area contributed by atoms with Gasteiger partial charge in [0.25, 0.3) is 0 Å². The average molecular weight is 583 g/mol. The van der Waals surface area contributed by atoms with Crippen LogP contribution in [0.2, 0.25) is 0 Å². The van der Waals surface area contributed by atoms with Crippen LogP contribution in [0.5, 0.6) is 0 Å². The molecule has 1 fully saturated rings. The Morgan fingerprint density at radius 1 is 0.975 bits per heavy atom. The number of carbonyl (C=O) groups excluding carboxylic acids is 2. The molecule has 0 saturated carbocycles. The minimum absolute atomic E-state index is 0.0168. The SMILES string of the molecule is CP(C)(=O)c1ccccc1-c1ccc(N2CCC[C@@H](NC(=O)Nc3cc(F)cc(C(F)(F)F)c3)C2=O)c(F)c1F. The number of hydrogen-bond acceptors (Lipinski definition) is 3. The van der Waals surface area contributed by atoms with Crippen molar-refractivity contribution in [2.75, 3.05) is 30.1 Å². The van der Waals surface area contributed by atoms with E-state index in [9.17, 15) is 31.7 Å². The van der Waals surface area contributed by atoms with Crippen LogP contribution in [0.3, 0.4) is 0 Å². The molecule has 0 aliphatic carbocycles. The lowest BCUT2D eigenvalue weighted by molar-refractivity contribution is -0.137. The second kappa shape index (κ2) is 11.0. The number of hydrogen-bond donors (Lipinski definition) is 2. The molecule has 2 N–H and O–H groups in total. The molecule has 1 aliphatic rings. The number of halogens is 6. The van der Waals surface area contributed by atoms with Crippen molar-refractivity contribution in [3.05, 3.63) is 77.6 Å². The Balaban J connectivity index is 1.54. The van der Waals surface area contributed by atoms with Crippen LogP contribution >= 0.6 is 7.14 Å². The third kappa shape index (κ3) is 6.17. The maximum Gasteiger partial charge on any atom is 0.416 e. The standard InChI is InChI=1S/C27H24F6N3O3P/c1-40(2,39)22-8-4-3-6-18(22)19-9-10-21(24(30)23(19)29)36-11-5-7-20(25(36)37)35-26(38)34-17-13-15(27(31,32)33)12-16(28)14-17/h3-4,6,8-10,12-14,20H,5,7,11H2,1-2H3,(H2,34,35,38)/t20-/m1/s1. The first kappa shape index (κ1) is 29.2. The summed E-state index contributed by atoms with van der Waals surface area (Å²) < 4.78 is 95.8. The van der Waals surface area contributed by atoms with Crippen LogP contribution in [0.25, 0.3) is 11.1 Å². The quantitative estimate of drug-likeness (QED) is 0.271. The summed E-state index contributed by atoms with van der Waals surface area (Å²) in [6, 6.07) is 8.02. The second-order valence-corrected chi connectivity index (χ2v) is 12.8. The molecule has 1 saturated heterocycles. The number of nitrogens with zero attached hydrogens (tertiary/aromatic N) is 1. The third-order valence-corrected chi connectivity index (χ3v) is 7.90. The molecule has 6 nitrogen and oxygen atoms in total. The molecule has 0 unspecified atom stereocenters. The number of amides is 3. The molecule has 1 heterocycles. The summed E-state index contributed by atoms with van der Waals surface area (Å²) >= 11 is 0. The van der Waals surface area contributed by atoms with Gasteiger partial charge in [0.1, 0.15) is 19.0 Å². The summed E-state index contributed by atoms with van der Waals surface area (Å²) in [5.41, 5.74) is -2.05. The number of urea groups is 1. The van der Waals surface area contributed by atoms with Crippen molar-refractivity contribution in [3.63, 3.8) is 0 Å². The molecule has 1 aliphatic heterocycles. The first-order chi connectivity index (χ1) is 18.7. The van der Waals surface area contributed by atoms with Gasteiger partial charge in [0.2, 0.25) is 5.91 Å². The summed E-state index contributed by atoms with van der Waals surface area (Å²) in [6.45, 7) is 3.03. The van der Waals surface area contributed by atoms with E-state index in [1.165, 1.54) is 31.5 Å². The Morgan fingerprint density at radius 2 is 1.68 bits per heavy atom. The van der Waals surface area contributed by atoms with Crippen molar-refractivity contribution in [2.45, 2.75) is 25.1 Å². The van der Waals surface area contributed by atoms with E-state index in [2.05, 4.69) is 10.6 Å². The zero-order valence-electron chi connectivity index (χ0n) is 21.3. The third-order valence-electron chi connectivity index (χ3n) is 6.35. The molecule has 3 aromatic rings. The first-order valence-corrected chi connectivity index (χ1v) is 14.7. The van der Waals surface area contributed by atoms with Gasteiger partial charge in [-0.15, -0.1) is 0 Å². The minimum atomic E-state index is -4.85. The van der Waals surface area contributed by atoms with Gasteiger partial charge in [0, 0.05) is 23.1 Å². The highest BCUT2D eigenvalue weighted by Gasteiger charge is 2.34. The van der Waals surface area contributed by atoms with Gasteiger partial charge in [-0.3, -0.25) is 4.79 Å². The molecule has 3 amide bonds. The molecule has 212 valence electrons. The lowest BCUT2D eigenvalue weighted by Gasteiger charge is -2.33. The fourth-order valence-corrected chi connectivity index (χ4v) is 5.75. The largest absolute Gasteiger partial charge is 0.416 e. The summed E-state index contributed by atoms with van der Waals surface area (Å²) in [7, 11) is -2.84. The monoisotopic (exact) mass is 583 g/mol. The number of alkyl halides is 3. The average Bonchev–Trinajstić information content (AvgIpc) is 2.86. The first-order valence-electron chi connectivity index (χ1n) is 12.1. The van der Waals surface area contributed by atoms with Crippen molar-refractivity contribution in [2.24, 2.45) is 0 Å². The Hall–Kier alpha value is -3.79. The van der Waals surface area contributed by atoms with Crippen LogP contribution in [-0.4, -0.2) is 37.9 Å². The zero-order chi connectivity index (χ0) is 29.4. The number of nitrogens with one attached hydrogen (secondary N) is 2. The number of rotatable bonds is 5. The maximum absolute atomic E-state index is 15.3. The Labute approximate surface area is 225 Å². The van der Waals surface area contributed by atoms with Gasteiger partial charge >= 0.3 is 12.2 Å². The predicted molar refractivity (Wildman–Crippen MR) is 140 cm³/mol. The van der Waals surface area contributed by atoms with Crippen molar-refractivity contribution >= 4 is 35.8 Å². The topological polar surface area (TPSA) is 78.5 Å². The smallest absolute Gasteiger partial charge is 0.326 e. The summed E-state index contributed by atoms with van der Waals surface area (Å²) in [5, 5.41) is 4.73. The molecule has 0 aromatic heterocycles. The van der Waals surface area contributed by atoms with Crippen LogP contribution in [0.15, 0.2) is 54.6 Å². The molecule has 0 radical (unpaired) electrons. The highest BCUT2D eigenvalue weighted by Crippen LogP contribution is 2.40. The van der Waals surface area contributed by atoms with E-state index in [0.717, 1.165) is 4.90 Å². The molecule has 13 heteroatoms. The van der Waals surface area contributed by atoms with Crippen LogP contribution in [0, 0.1) is 17.5 Å². The van der Waals surface area contributed by atoms with Crippen molar-refractivity contribution < 1.29 is 40.5 Å². The van der Waals surface area contributed by atoms with E-state index in [4.69, 9.17) is 0 Å². The number of benzene rings is 3. The molecule has 1 atom stereocenters. The van der Waals surface area contributed by atoms with Crippen LogP contribution in [0.1, 0.15) is 18.4 Å². The van der Waals surface area contributed by atoms with E-state index in [0.29, 0.717) is 17.4 Å². The molecule has 40 heavy (non-hydrogen) atoms. The van der Waals surface area contributed by atoms with E-state index < -0.39 is 60.0 Å². The van der Waals surface area contributed by atoms with E-state index >= 15 is 8.78 Å². The van der Waals surface area contributed by atoms with Crippen LogP contribution < -0.4 is 20.8 Å². The van der Waals surface area contributed by atoms with Gasteiger partial charge in [-0.05, 0) is 62.1 Å². The number of anilines is 2. The van der Waals surface area contributed by atoms with Gasteiger partial charge in [-0.1, -0.05) is 24.3 Å². The van der Waals surface area contributed by atoms with Crippen LogP contribution in [-0.2, 0) is 15.5 Å². The lowest BCUT2D eigenvalue weighted by Crippen LogP contribution is -2.53. The van der Waals surface area contributed by atoms with Crippen molar-refractivity contribution in [3.8, 4) is 11.1 Å². The van der Waals surface area contributed by atoms with Crippen LogP contribution in [0.4, 0.5) is 42.5 Å². The molecule has 4 rings (SSSR count). The highest BCUT2D eigenvalue weighted by atomic mass is 31.2. The number of piperidine rings is 1. The Morgan fingerprint density at radius 3 is 2.35 bits per heavy atom. The Kier molecular flexibility index (Phi) is 8.03.